The molecule has 2 saturated heterocycles. The van der Waals surface area contributed by atoms with Crippen LogP contribution in [0.25, 0.3) is 0 Å². The van der Waals surface area contributed by atoms with Crippen LogP contribution in [0.4, 0.5) is 4.79 Å². The molecule has 2 fully saturated rings. The van der Waals surface area contributed by atoms with Crippen LogP contribution in [0.3, 0.4) is 0 Å². The SMILES string of the molecule is COC1(OC)CO[C@@H]2[C@H](Cl)CN(C(=O)OCc3ccccc3)[C@@H]21. The molecule has 1 aromatic rings. The van der Waals surface area contributed by atoms with Crippen LogP contribution in [-0.4, -0.2) is 61.7 Å². The molecule has 2 aliphatic heterocycles. The summed E-state index contributed by atoms with van der Waals surface area (Å²) in [4.78, 5) is 14.1. The molecule has 0 aromatic heterocycles. The van der Waals surface area contributed by atoms with Crippen molar-refractivity contribution >= 4 is 17.7 Å². The van der Waals surface area contributed by atoms with Crippen LogP contribution < -0.4 is 0 Å². The number of rotatable bonds is 4. The minimum Gasteiger partial charge on any atom is -0.445 e. The summed E-state index contributed by atoms with van der Waals surface area (Å²) < 4.78 is 22.1. The Kier molecular flexibility index (Phi) is 4.77. The summed E-state index contributed by atoms with van der Waals surface area (Å²) in [5, 5.41) is -0.323. The third-order valence-electron chi connectivity index (χ3n) is 4.43. The molecule has 1 aromatic carbocycles. The molecule has 1 amide bonds. The van der Waals surface area contributed by atoms with Gasteiger partial charge in [0.2, 0.25) is 5.79 Å². The average molecular weight is 342 g/mol. The van der Waals surface area contributed by atoms with Gasteiger partial charge >= 0.3 is 6.09 Å². The summed E-state index contributed by atoms with van der Waals surface area (Å²) in [7, 11) is 3.06. The van der Waals surface area contributed by atoms with Gasteiger partial charge in [0.25, 0.3) is 0 Å². The second-order valence-corrected chi connectivity index (χ2v) is 6.21. The molecule has 0 bridgehead atoms. The van der Waals surface area contributed by atoms with E-state index in [1.807, 2.05) is 30.3 Å². The van der Waals surface area contributed by atoms with Gasteiger partial charge in [0.1, 0.15) is 25.4 Å². The number of likely N-dealkylation sites (tertiary alicyclic amines) is 1. The van der Waals surface area contributed by atoms with Gasteiger partial charge in [-0.05, 0) is 5.56 Å². The van der Waals surface area contributed by atoms with Gasteiger partial charge in [-0.25, -0.2) is 4.79 Å². The standard InChI is InChI=1S/C16H20ClNO5/c1-20-16(21-2)10-23-13-12(17)8-18(14(13)16)15(19)22-9-11-6-4-3-5-7-11/h3-7,12-14H,8-10H2,1-2H3/t12-,13-,14+/m1/s1. The number of amides is 1. The predicted molar refractivity (Wildman–Crippen MR) is 83.3 cm³/mol. The lowest BCUT2D eigenvalue weighted by Crippen LogP contribution is -2.55. The van der Waals surface area contributed by atoms with Gasteiger partial charge in [-0.2, -0.15) is 0 Å². The summed E-state index contributed by atoms with van der Waals surface area (Å²) in [6.07, 6.45) is -0.781. The number of nitrogens with zero attached hydrogens (tertiary/aromatic N) is 1. The van der Waals surface area contributed by atoms with Crippen molar-refractivity contribution in [1.82, 2.24) is 4.90 Å². The largest absolute Gasteiger partial charge is 0.445 e. The predicted octanol–water partition coefficient (Wildman–Crippen LogP) is 2.00. The Morgan fingerprint density at radius 1 is 1.35 bits per heavy atom. The maximum Gasteiger partial charge on any atom is 0.410 e. The van der Waals surface area contributed by atoms with Crippen molar-refractivity contribution in [3.8, 4) is 0 Å². The van der Waals surface area contributed by atoms with Crippen molar-refractivity contribution in [2.24, 2.45) is 0 Å². The van der Waals surface area contributed by atoms with E-state index in [4.69, 9.17) is 30.5 Å². The summed E-state index contributed by atoms with van der Waals surface area (Å²) in [5.41, 5.74) is 0.923. The van der Waals surface area contributed by atoms with E-state index in [0.29, 0.717) is 6.54 Å². The van der Waals surface area contributed by atoms with Gasteiger partial charge < -0.3 is 18.9 Å². The fourth-order valence-electron chi connectivity index (χ4n) is 3.19. The number of ether oxygens (including phenoxy) is 4. The number of alkyl halides is 1. The van der Waals surface area contributed by atoms with Crippen LogP contribution >= 0.6 is 11.6 Å². The maximum absolute atomic E-state index is 12.5. The van der Waals surface area contributed by atoms with Gasteiger partial charge in [0.15, 0.2) is 0 Å². The first kappa shape index (κ1) is 16.5. The Morgan fingerprint density at radius 3 is 2.70 bits per heavy atom. The molecule has 2 aliphatic rings. The molecule has 3 atom stereocenters. The third kappa shape index (κ3) is 2.92. The highest BCUT2D eigenvalue weighted by molar-refractivity contribution is 6.21. The molecule has 3 rings (SSSR count). The highest BCUT2D eigenvalue weighted by Crippen LogP contribution is 2.40. The molecule has 6 nitrogen and oxygen atoms in total. The molecule has 2 heterocycles. The fraction of sp³-hybridized carbons (Fsp3) is 0.562. The van der Waals surface area contributed by atoms with Crippen LogP contribution in [0.2, 0.25) is 0 Å². The molecule has 0 aliphatic carbocycles. The van der Waals surface area contributed by atoms with E-state index in [1.165, 1.54) is 14.2 Å². The van der Waals surface area contributed by atoms with Crippen LogP contribution in [0, 0.1) is 0 Å². The minimum absolute atomic E-state index is 0.203. The molecule has 126 valence electrons. The monoisotopic (exact) mass is 341 g/mol. The number of fused-ring (bicyclic) bond motifs is 1. The molecule has 0 spiro atoms. The fourth-order valence-corrected chi connectivity index (χ4v) is 3.55. The van der Waals surface area contributed by atoms with E-state index in [1.54, 1.807) is 4.90 Å². The molecule has 0 N–H and O–H groups in total. The van der Waals surface area contributed by atoms with E-state index in [9.17, 15) is 4.79 Å². The van der Waals surface area contributed by atoms with Gasteiger partial charge in [-0.15, -0.1) is 11.6 Å². The Morgan fingerprint density at radius 2 is 2.04 bits per heavy atom. The lowest BCUT2D eigenvalue weighted by Gasteiger charge is -2.35. The lowest BCUT2D eigenvalue weighted by molar-refractivity contribution is -0.224. The minimum atomic E-state index is -1.01. The summed E-state index contributed by atoms with van der Waals surface area (Å²) >= 11 is 6.32. The van der Waals surface area contributed by atoms with Gasteiger partial charge in [-0.3, -0.25) is 4.90 Å². The number of methoxy groups -OCH3 is 2. The van der Waals surface area contributed by atoms with Crippen molar-refractivity contribution in [3.05, 3.63) is 35.9 Å². The van der Waals surface area contributed by atoms with Crippen LogP contribution in [0.15, 0.2) is 30.3 Å². The van der Waals surface area contributed by atoms with Gasteiger partial charge in [0.05, 0.1) is 5.38 Å². The first-order valence-electron chi connectivity index (χ1n) is 7.44. The topological polar surface area (TPSA) is 57.2 Å². The normalized spacial score (nSPS) is 28.7. The number of benzene rings is 1. The van der Waals surface area contributed by atoms with E-state index >= 15 is 0 Å². The van der Waals surface area contributed by atoms with Crippen molar-refractivity contribution in [2.75, 3.05) is 27.4 Å². The smallest absolute Gasteiger partial charge is 0.410 e. The van der Waals surface area contributed by atoms with Crippen LogP contribution in [-0.2, 0) is 25.6 Å². The highest BCUT2D eigenvalue weighted by atomic mass is 35.5. The first-order valence-corrected chi connectivity index (χ1v) is 7.88. The second-order valence-electron chi connectivity index (χ2n) is 5.65. The third-order valence-corrected chi connectivity index (χ3v) is 4.82. The van der Waals surface area contributed by atoms with E-state index in [0.717, 1.165) is 5.56 Å². The molecule has 7 heteroatoms. The van der Waals surface area contributed by atoms with Gasteiger partial charge in [-0.1, -0.05) is 30.3 Å². The molecular weight excluding hydrogens is 322 g/mol. The van der Waals surface area contributed by atoms with Gasteiger partial charge in [0, 0.05) is 20.8 Å². The zero-order valence-corrected chi connectivity index (χ0v) is 13.9. The molecular formula is C16H20ClNO5. The lowest BCUT2D eigenvalue weighted by atomic mass is 10.1. The number of carbonyl (C=O) groups is 1. The summed E-state index contributed by atoms with van der Waals surface area (Å²) in [6, 6.07) is 9.08. The Hall–Kier alpha value is -1.34. The first-order chi connectivity index (χ1) is 11.1. The molecule has 0 radical (unpaired) electrons. The van der Waals surface area contributed by atoms with Crippen LogP contribution in [0.1, 0.15) is 5.56 Å². The number of hydrogen-bond acceptors (Lipinski definition) is 5. The molecule has 23 heavy (non-hydrogen) atoms. The Bertz CT molecular complexity index is 551. The summed E-state index contributed by atoms with van der Waals surface area (Å²) in [6.45, 7) is 0.758. The molecule has 0 saturated carbocycles. The molecule has 0 unspecified atom stereocenters. The zero-order chi connectivity index (χ0) is 16.4. The van der Waals surface area contributed by atoms with E-state index in [2.05, 4.69) is 0 Å². The Labute approximate surface area is 140 Å². The quantitative estimate of drug-likeness (QED) is 0.619. The van der Waals surface area contributed by atoms with E-state index in [-0.39, 0.29) is 24.7 Å². The van der Waals surface area contributed by atoms with Crippen molar-refractivity contribution in [3.63, 3.8) is 0 Å². The zero-order valence-electron chi connectivity index (χ0n) is 13.1. The maximum atomic E-state index is 12.5. The summed E-state index contributed by atoms with van der Waals surface area (Å²) in [5.74, 6) is -1.01. The van der Waals surface area contributed by atoms with E-state index < -0.39 is 17.9 Å². The highest BCUT2D eigenvalue weighted by Gasteiger charge is 2.61. The second kappa shape index (κ2) is 6.65. The average Bonchev–Trinajstić information content (AvgIpc) is 3.13. The van der Waals surface area contributed by atoms with Crippen molar-refractivity contribution < 1.29 is 23.7 Å². The van der Waals surface area contributed by atoms with Crippen LogP contribution in [0.5, 0.6) is 0 Å². The Balaban J connectivity index is 1.72. The number of carbonyl (C=O) groups excluding carboxylic acids is 1. The number of halogens is 1. The van der Waals surface area contributed by atoms with Crippen molar-refractivity contribution in [1.29, 1.82) is 0 Å². The van der Waals surface area contributed by atoms with Crippen molar-refractivity contribution in [2.45, 2.75) is 29.9 Å². The number of hydrogen-bond donors (Lipinski definition) is 0.